The van der Waals surface area contributed by atoms with Gasteiger partial charge in [-0.15, -0.1) is 6.58 Å². The number of carbonyl (C=O) groups is 4. The molecule has 0 spiro atoms. The molecule has 5 aliphatic rings. The lowest BCUT2D eigenvalue weighted by Gasteiger charge is -2.38. The number of hydrogen-bond donors (Lipinski definition) is 0. The molecule has 4 aliphatic heterocycles. The van der Waals surface area contributed by atoms with E-state index >= 15 is 0 Å². The molecule has 126 heavy (non-hydrogen) atoms. The van der Waals surface area contributed by atoms with Gasteiger partial charge in [0.2, 0.25) is 0 Å². The Kier molecular flexibility index (Phi) is 38.2. The number of piperidine rings is 4. The van der Waals surface area contributed by atoms with Gasteiger partial charge in [-0.05, 0) is 266 Å². The third-order valence-corrected chi connectivity index (χ3v) is 26.1. The van der Waals surface area contributed by atoms with Gasteiger partial charge in [-0.1, -0.05) is 253 Å². The first-order valence-corrected chi connectivity index (χ1v) is 47.5. The Bertz CT molecular complexity index is 5030. The largest absolute Gasteiger partial charge is 0.339 e. The first-order valence-electron chi connectivity index (χ1n) is 47.1. The quantitative estimate of drug-likeness (QED) is 0.0470. The first-order chi connectivity index (χ1) is 61.5. The van der Waals surface area contributed by atoms with Crippen molar-refractivity contribution < 1.29 is 19.2 Å². The molecule has 1 aliphatic carbocycles. The predicted octanol–water partition coefficient (Wildman–Crippen LogP) is 24.6. The summed E-state index contributed by atoms with van der Waals surface area (Å²) in [5.41, 5.74) is 26.9. The Morgan fingerprint density at radius 2 is 0.563 bits per heavy atom. The number of carbonyl (C=O) groups excluding carboxylic acids is 4. The SMILES string of the molecule is C=CCN1CCC(=C(c2ccccc2)c2ccc(C(=O)N(CC)CC)cc2)CC1.CCN(CC)C(=O)c1ccc(C(=C2CCN(C3CCCCC3)CC2)c2ccccc2)cc1.CCN(CC)C(=O)c1ccc(C(=C2CCN(CC=C(C)C)CC2)c2ccccc2)cc1.CCN(CC)C(=O)c1ccc(C(=C2CCN(Cc3ccccc3)CC2)c2ccc(Cl)cc2)cc1. The molecule has 4 amide bonds. The maximum absolute atomic E-state index is 12.8. The molecule has 12 nitrogen and oxygen atoms in total. The normalized spacial score (nSPS) is 15.2. The van der Waals surface area contributed by atoms with E-state index in [2.05, 4.69) is 228 Å². The number of nitrogens with zero attached hydrogens (tertiary/aromatic N) is 8. The minimum absolute atomic E-state index is 0.0893. The molecule has 0 unspecified atom stereocenters. The van der Waals surface area contributed by atoms with Gasteiger partial charge >= 0.3 is 0 Å². The summed E-state index contributed by atoms with van der Waals surface area (Å²) in [6.07, 6.45) is 19.9. The molecule has 0 aromatic heterocycles. The molecular formula is C113H139ClN8O4. The van der Waals surface area contributed by atoms with Crippen LogP contribution in [0, 0.1) is 0 Å². The highest BCUT2D eigenvalue weighted by molar-refractivity contribution is 6.30. The van der Waals surface area contributed by atoms with E-state index in [1.165, 1.54) is 134 Å². The monoisotopic (exact) mass is 1710 g/mol. The Morgan fingerprint density at radius 1 is 0.317 bits per heavy atom. The average molecular weight is 1710 g/mol. The zero-order chi connectivity index (χ0) is 89.1. The van der Waals surface area contributed by atoms with Crippen LogP contribution >= 0.6 is 11.6 Å². The van der Waals surface area contributed by atoms with Crippen LogP contribution in [0.5, 0.6) is 0 Å². The molecule has 4 heterocycles. The first kappa shape index (κ1) is 96.1. The van der Waals surface area contributed by atoms with Gasteiger partial charge in [0.15, 0.2) is 0 Å². The van der Waals surface area contributed by atoms with Crippen LogP contribution in [0.15, 0.2) is 289 Å². The van der Waals surface area contributed by atoms with E-state index in [0.717, 1.165) is 202 Å². The Hall–Kier alpha value is -10.6. The van der Waals surface area contributed by atoms with Crippen LogP contribution in [-0.4, -0.2) is 187 Å². The zero-order valence-corrected chi connectivity index (χ0v) is 78.0. The van der Waals surface area contributed by atoms with Gasteiger partial charge in [0.1, 0.15) is 0 Å². The smallest absolute Gasteiger partial charge is 0.253 e. The third kappa shape index (κ3) is 26.8. The van der Waals surface area contributed by atoms with Crippen molar-refractivity contribution >= 4 is 57.5 Å². The van der Waals surface area contributed by atoms with Crippen molar-refractivity contribution in [3.8, 4) is 0 Å². The molecule has 9 aromatic carbocycles. The number of amides is 4. The molecule has 5 fully saturated rings. The van der Waals surface area contributed by atoms with E-state index in [0.29, 0.717) is 0 Å². The molecular weight excluding hydrogens is 1570 g/mol. The summed E-state index contributed by atoms with van der Waals surface area (Å²) in [6, 6.07) is 84.6. The number of likely N-dealkylation sites (tertiary alicyclic amines) is 4. The van der Waals surface area contributed by atoms with Gasteiger partial charge in [-0.3, -0.25) is 38.8 Å². The number of allylic oxidation sites excluding steroid dienone is 1. The van der Waals surface area contributed by atoms with E-state index in [1.54, 1.807) is 5.57 Å². The second-order valence-electron chi connectivity index (χ2n) is 34.0. The minimum Gasteiger partial charge on any atom is -0.339 e. The number of benzene rings is 9. The Morgan fingerprint density at radius 3 is 0.841 bits per heavy atom. The summed E-state index contributed by atoms with van der Waals surface area (Å²) < 4.78 is 0. The molecule has 13 heteroatoms. The molecule has 0 N–H and O–H groups in total. The summed E-state index contributed by atoms with van der Waals surface area (Å²) in [6.45, 7) is 42.0. The van der Waals surface area contributed by atoms with Crippen molar-refractivity contribution in [1.29, 1.82) is 0 Å². The molecule has 662 valence electrons. The van der Waals surface area contributed by atoms with E-state index < -0.39 is 0 Å². The van der Waals surface area contributed by atoms with Crippen molar-refractivity contribution in [3.05, 3.63) is 367 Å². The fourth-order valence-electron chi connectivity index (χ4n) is 18.6. The topological polar surface area (TPSA) is 94.2 Å². The van der Waals surface area contributed by atoms with Gasteiger partial charge in [0.05, 0.1) is 0 Å². The minimum atomic E-state index is 0.0893. The summed E-state index contributed by atoms with van der Waals surface area (Å²) in [7, 11) is 0. The molecule has 0 atom stereocenters. The molecule has 14 rings (SSSR count). The van der Waals surface area contributed by atoms with Gasteiger partial charge in [0.25, 0.3) is 23.6 Å². The maximum atomic E-state index is 12.8. The summed E-state index contributed by atoms with van der Waals surface area (Å²) in [4.78, 5) is 68.6. The zero-order valence-electron chi connectivity index (χ0n) is 77.2. The van der Waals surface area contributed by atoms with Crippen molar-refractivity contribution in [2.24, 2.45) is 0 Å². The molecule has 4 saturated heterocycles. The van der Waals surface area contributed by atoms with E-state index in [9.17, 15) is 19.2 Å². The third-order valence-electron chi connectivity index (χ3n) is 25.9. The molecule has 0 bridgehead atoms. The molecule has 9 aromatic rings. The van der Waals surface area contributed by atoms with E-state index in [4.69, 9.17) is 11.6 Å². The fourth-order valence-corrected chi connectivity index (χ4v) is 18.7. The lowest BCUT2D eigenvalue weighted by atomic mass is 9.86. The molecule has 0 radical (unpaired) electrons. The van der Waals surface area contributed by atoms with Crippen LogP contribution < -0.4 is 0 Å². The van der Waals surface area contributed by atoms with Gasteiger partial charge in [-0.2, -0.15) is 0 Å². The van der Waals surface area contributed by atoms with Crippen molar-refractivity contribution in [3.63, 3.8) is 0 Å². The van der Waals surface area contributed by atoms with Crippen molar-refractivity contribution in [1.82, 2.24) is 39.2 Å². The van der Waals surface area contributed by atoms with Crippen molar-refractivity contribution in [2.75, 3.05) is 118 Å². The Labute approximate surface area is 760 Å². The lowest BCUT2D eigenvalue weighted by Crippen LogP contribution is -2.40. The summed E-state index contributed by atoms with van der Waals surface area (Å²) in [5, 5.41) is 0.742. The lowest BCUT2D eigenvalue weighted by molar-refractivity contribution is 0.0765. The van der Waals surface area contributed by atoms with Gasteiger partial charge < -0.3 is 19.6 Å². The predicted molar refractivity (Wildman–Crippen MR) is 529 cm³/mol. The fraction of sp³-hybridized carbons (Fsp3) is 0.381. The van der Waals surface area contributed by atoms with E-state index in [1.807, 2.05) is 142 Å². The number of halogens is 1. The highest BCUT2D eigenvalue weighted by Crippen LogP contribution is 2.39. The molecule has 1 saturated carbocycles. The highest BCUT2D eigenvalue weighted by atomic mass is 35.5. The van der Waals surface area contributed by atoms with Crippen molar-refractivity contribution in [2.45, 2.75) is 165 Å². The standard InChI is InChI=1S/C30H33ClN2O.C29H38N2O.C28H36N2O.C26H32N2O/c1-3-33(4-2)30(34)27-12-10-24(11-13-27)29(25-14-16-28(31)17-15-25)26-18-20-32(21-19-26)22-23-8-6-5-7-9-23;1-3-30(4-2)29(32)26-17-15-24(16-18-26)28(23-11-7-5-8-12-23)25-19-21-31(22-20-25)27-13-9-6-10-14-27;1-5-30(6-2)28(31)26-14-12-24(13-15-26)27(23-10-8-7-9-11-23)25-17-20-29(21-18-25)19-16-22(3)4;1-4-18-27-19-16-23(17-20-27)25(21-10-8-7-9-11-21)22-12-14-24(15-13-22)26(29)28(5-2)6-3/h5-17H,3-4,18-22H2,1-2H3;5,7-8,11-12,15-18,27H,3-4,6,9-10,13-14,19-22H2,1-2H3;7-16H,5-6,17-21H2,1-4H3;4,7-15H,1,5-6,16-20H2,2-3H3. The maximum Gasteiger partial charge on any atom is 0.253 e. The van der Waals surface area contributed by atoms with Gasteiger partial charge in [0, 0.05) is 158 Å². The summed E-state index contributed by atoms with van der Waals surface area (Å²) >= 11 is 6.19. The number of rotatable bonds is 27. The van der Waals surface area contributed by atoms with Crippen LogP contribution in [0.25, 0.3) is 22.3 Å². The van der Waals surface area contributed by atoms with E-state index in [-0.39, 0.29) is 23.6 Å². The van der Waals surface area contributed by atoms with Crippen LogP contribution in [0.2, 0.25) is 5.02 Å². The Balaban J connectivity index is 0.000000163. The second-order valence-corrected chi connectivity index (χ2v) is 34.4. The van der Waals surface area contributed by atoms with Crippen LogP contribution in [-0.2, 0) is 6.54 Å². The summed E-state index contributed by atoms with van der Waals surface area (Å²) in [5.74, 6) is 0.425. The van der Waals surface area contributed by atoms with Crippen LogP contribution in [0.4, 0.5) is 0 Å². The van der Waals surface area contributed by atoms with Crippen LogP contribution in [0.3, 0.4) is 0 Å². The number of hydrogen-bond acceptors (Lipinski definition) is 8. The highest BCUT2D eigenvalue weighted by Gasteiger charge is 2.29. The second kappa shape index (κ2) is 50.1. The van der Waals surface area contributed by atoms with Crippen LogP contribution in [0.1, 0.15) is 244 Å². The van der Waals surface area contributed by atoms with Gasteiger partial charge in [-0.25, -0.2) is 0 Å². The average Bonchev–Trinajstić information content (AvgIpc) is 0.813.